The number of rotatable bonds is 1. The Balaban J connectivity index is 2.02. The summed E-state index contributed by atoms with van der Waals surface area (Å²) in [6, 6.07) is 0. The smallest absolute Gasteiger partial charge is 0.309 e. The van der Waals surface area contributed by atoms with Crippen LogP contribution in [-0.4, -0.2) is 23.8 Å². The second kappa shape index (κ2) is 1.48. The molecule has 0 aromatic rings. The van der Waals surface area contributed by atoms with Crippen LogP contribution < -0.4 is 0 Å². The van der Waals surface area contributed by atoms with Gasteiger partial charge in [0.1, 0.15) is 0 Å². The van der Waals surface area contributed by atoms with Gasteiger partial charge in [0.15, 0.2) is 0 Å². The van der Waals surface area contributed by atoms with Crippen molar-refractivity contribution in [3.63, 3.8) is 0 Å². The summed E-state index contributed by atoms with van der Waals surface area (Å²) in [5, 5.41) is 8.48. The Morgan fingerprint density at radius 3 is 2.78 bits per heavy atom. The average molecular weight is 128 g/mol. The fourth-order valence-electron chi connectivity index (χ4n) is 1.58. The van der Waals surface area contributed by atoms with E-state index in [1.54, 1.807) is 0 Å². The van der Waals surface area contributed by atoms with Gasteiger partial charge in [0.2, 0.25) is 0 Å². The maximum absolute atomic E-state index is 10.3. The average Bonchev–Trinajstić information content (AvgIpc) is 2.30. The molecule has 0 radical (unpaired) electrons. The lowest BCUT2D eigenvalue weighted by Gasteiger charge is -1.95. The lowest BCUT2D eigenvalue weighted by Crippen LogP contribution is -2.07. The number of carbonyl (C=O) groups is 1. The summed E-state index contributed by atoms with van der Waals surface area (Å²) in [5.41, 5.74) is 0. The van der Waals surface area contributed by atoms with Crippen LogP contribution in [0.4, 0.5) is 0 Å². The molecule has 1 aliphatic carbocycles. The molecule has 0 bridgehead atoms. The van der Waals surface area contributed by atoms with Crippen molar-refractivity contribution in [2.75, 3.05) is 6.61 Å². The molecule has 0 aromatic heterocycles. The van der Waals surface area contributed by atoms with Crippen molar-refractivity contribution >= 4 is 5.97 Å². The lowest BCUT2D eigenvalue weighted by molar-refractivity contribution is -0.140. The zero-order valence-corrected chi connectivity index (χ0v) is 4.91. The molecule has 1 aliphatic heterocycles. The third-order valence-corrected chi connectivity index (χ3v) is 2.14. The fraction of sp³-hybridized carbons (Fsp3) is 0.833. The molecule has 1 N–H and O–H groups in total. The first kappa shape index (κ1) is 5.23. The first-order valence-electron chi connectivity index (χ1n) is 3.15. The molecule has 2 rings (SSSR count). The van der Waals surface area contributed by atoms with Crippen LogP contribution in [-0.2, 0) is 9.53 Å². The summed E-state index contributed by atoms with van der Waals surface area (Å²) in [5.74, 6) is -0.508. The van der Waals surface area contributed by atoms with E-state index < -0.39 is 5.97 Å². The molecular formula is C6H8O3. The first-order valence-corrected chi connectivity index (χ1v) is 3.15. The van der Waals surface area contributed by atoms with E-state index in [0.29, 0.717) is 5.92 Å². The predicted molar refractivity (Wildman–Crippen MR) is 29.0 cm³/mol. The highest BCUT2D eigenvalue weighted by molar-refractivity contribution is 5.75. The topological polar surface area (TPSA) is 46.5 Å². The number of hydrogen-bond acceptors (Lipinski definition) is 2. The van der Waals surface area contributed by atoms with Gasteiger partial charge >= 0.3 is 5.97 Å². The van der Waals surface area contributed by atoms with Gasteiger partial charge in [0.05, 0.1) is 12.0 Å². The van der Waals surface area contributed by atoms with E-state index in [1.165, 1.54) is 0 Å². The van der Waals surface area contributed by atoms with Gasteiger partial charge in [-0.2, -0.15) is 0 Å². The van der Waals surface area contributed by atoms with E-state index >= 15 is 0 Å². The molecule has 50 valence electrons. The number of carboxylic acid groups (broad SMARTS) is 1. The van der Waals surface area contributed by atoms with Gasteiger partial charge in [-0.3, -0.25) is 4.79 Å². The third-order valence-electron chi connectivity index (χ3n) is 2.14. The second-order valence-corrected chi connectivity index (χ2v) is 2.65. The molecule has 3 nitrogen and oxygen atoms in total. The molecule has 1 saturated heterocycles. The molecule has 9 heavy (non-hydrogen) atoms. The van der Waals surface area contributed by atoms with Gasteiger partial charge in [-0.1, -0.05) is 0 Å². The minimum absolute atomic E-state index is 0.0718. The molecule has 2 aliphatic rings. The molecule has 0 amide bonds. The zero-order valence-electron chi connectivity index (χ0n) is 4.91. The molecule has 3 atom stereocenters. The minimum atomic E-state index is -0.690. The van der Waals surface area contributed by atoms with Crippen molar-refractivity contribution in [1.29, 1.82) is 0 Å². The molecular weight excluding hydrogens is 120 g/mol. The monoisotopic (exact) mass is 128 g/mol. The Morgan fingerprint density at radius 2 is 2.44 bits per heavy atom. The summed E-state index contributed by atoms with van der Waals surface area (Å²) in [4.78, 5) is 10.3. The Kier molecular flexibility index (Phi) is 0.858. The van der Waals surface area contributed by atoms with E-state index in [1.807, 2.05) is 0 Å². The number of hydrogen-bond donors (Lipinski definition) is 1. The van der Waals surface area contributed by atoms with Crippen LogP contribution in [0, 0.1) is 11.8 Å². The van der Waals surface area contributed by atoms with E-state index in [-0.39, 0.29) is 12.0 Å². The van der Waals surface area contributed by atoms with Crippen LogP contribution >= 0.6 is 0 Å². The standard InChI is InChI=1S/C6H8O3/c7-6(8)4-3-1-2-9-5(3)4/h3-5H,1-2H2,(H,7,8)/t3-,4?,5-/m1/s1. The predicted octanol–water partition coefficient (Wildman–Crippen LogP) is 0.106. The zero-order chi connectivity index (χ0) is 6.43. The highest BCUT2D eigenvalue weighted by atomic mass is 16.5. The minimum Gasteiger partial charge on any atom is -0.481 e. The fourth-order valence-corrected chi connectivity index (χ4v) is 1.58. The van der Waals surface area contributed by atoms with Gasteiger partial charge in [-0.05, 0) is 6.42 Å². The molecule has 1 heterocycles. The Morgan fingerprint density at radius 1 is 1.67 bits per heavy atom. The first-order chi connectivity index (χ1) is 4.30. The van der Waals surface area contributed by atoms with Crippen molar-refractivity contribution in [3.05, 3.63) is 0 Å². The van der Waals surface area contributed by atoms with E-state index in [4.69, 9.17) is 9.84 Å². The number of ether oxygens (including phenoxy) is 1. The second-order valence-electron chi connectivity index (χ2n) is 2.65. The number of aliphatic carboxylic acids is 1. The van der Waals surface area contributed by atoms with Crippen molar-refractivity contribution in [1.82, 2.24) is 0 Å². The van der Waals surface area contributed by atoms with Crippen molar-refractivity contribution in [2.45, 2.75) is 12.5 Å². The molecule has 0 spiro atoms. The maximum atomic E-state index is 10.3. The van der Waals surface area contributed by atoms with Crippen LogP contribution in [0.3, 0.4) is 0 Å². The Bertz CT molecular complexity index is 144. The van der Waals surface area contributed by atoms with E-state index in [2.05, 4.69) is 0 Å². The summed E-state index contributed by atoms with van der Waals surface area (Å²) in [6.07, 6.45) is 1.02. The Labute approximate surface area is 52.6 Å². The van der Waals surface area contributed by atoms with Crippen molar-refractivity contribution in [3.8, 4) is 0 Å². The number of carboxylic acids is 1. The molecule has 2 fully saturated rings. The molecule has 1 saturated carbocycles. The van der Waals surface area contributed by atoms with Gasteiger partial charge in [0.25, 0.3) is 0 Å². The lowest BCUT2D eigenvalue weighted by atomic mass is 10.2. The van der Waals surface area contributed by atoms with Crippen LogP contribution in [0.15, 0.2) is 0 Å². The quantitative estimate of drug-likeness (QED) is 0.545. The van der Waals surface area contributed by atoms with Crippen LogP contribution in [0.2, 0.25) is 0 Å². The maximum Gasteiger partial charge on any atom is 0.309 e. The van der Waals surface area contributed by atoms with Crippen molar-refractivity contribution in [2.24, 2.45) is 11.8 Å². The molecule has 3 heteroatoms. The van der Waals surface area contributed by atoms with Crippen LogP contribution in [0.1, 0.15) is 6.42 Å². The van der Waals surface area contributed by atoms with Gasteiger partial charge in [0, 0.05) is 12.5 Å². The van der Waals surface area contributed by atoms with Gasteiger partial charge in [-0.25, -0.2) is 0 Å². The summed E-state index contributed by atoms with van der Waals surface area (Å²) < 4.78 is 5.12. The van der Waals surface area contributed by atoms with E-state index in [9.17, 15) is 4.79 Å². The van der Waals surface area contributed by atoms with Gasteiger partial charge < -0.3 is 9.84 Å². The Hall–Kier alpha value is -0.570. The third kappa shape index (κ3) is 0.580. The normalized spacial score (nSPS) is 46.4. The van der Waals surface area contributed by atoms with Crippen molar-refractivity contribution < 1.29 is 14.6 Å². The summed E-state index contributed by atoms with van der Waals surface area (Å²) in [6.45, 7) is 0.763. The SMILES string of the molecule is O=C(O)C1[C@H]2CCO[C@@H]12. The highest BCUT2D eigenvalue weighted by Gasteiger charge is 2.58. The largest absolute Gasteiger partial charge is 0.481 e. The van der Waals surface area contributed by atoms with Gasteiger partial charge in [-0.15, -0.1) is 0 Å². The summed E-state index contributed by atoms with van der Waals surface area (Å²) >= 11 is 0. The summed E-state index contributed by atoms with van der Waals surface area (Å²) in [7, 11) is 0. The van der Waals surface area contributed by atoms with E-state index in [0.717, 1.165) is 13.0 Å². The van der Waals surface area contributed by atoms with Crippen LogP contribution in [0.5, 0.6) is 0 Å². The molecule has 1 unspecified atom stereocenters. The molecule has 0 aromatic carbocycles. The van der Waals surface area contributed by atoms with Crippen LogP contribution in [0.25, 0.3) is 0 Å². The highest BCUT2D eigenvalue weighted by Crippen LogP contribution is 2.48. The number of fused-ring (bicyclic) bond motifs is 1.